The molecule has 3 heterocycles. The molecule has 34 heavy (non-hydrogen) atoms. The Morgan fingerprint density at radius 1 is 1.18 bits per heavy atom. The zero-order chi connectivity index (χ0) is 24.1. The molecule has 0 saturated carbocycles. The molecule has 4 aromatic rings. The predicted octanol–water partition coefficient (Wildman–Crippen LogP) is 2.72. The van der Waals surface area contributed by atoms with E-state index in [0.29, 0.717) is 35.3 Å². The van der Waals surface area contributed by atoms with Crippen molar-refractivity contribution in [2.45, 2.75) is 45.6 Å². The van der Waals surface area contributed by atoms with Gasteiger partial charge in [-0.05, 0) is 38.5 Å². The Hall–Kier alpha value is -3.76. The molecule has 0 aliphatic heterocycles. The van der Waals surface area contributed by atoms with Crippen LogP contribution in [0.25, 0.3) is 5.65 Å². The summed E-state index contributed by atoms with van der Waals surface area (Å²) in [6, 6.07) is 14.6. The number of aromatic nitrogens is 4. The van der Waals surface area contributed by atoms with Crippen LogP contribution < -0.4 is 15.8 Å². The van der Waals surface area contributed by atoms with Gasteiger partial charge >= 0.3 is 0 Å². The van der Waals surface area contributed by atoms with Crippen LogP contribution >= 0.6 is 0 Å². The first-order valence-corrected chi connectivity index (χ1v) is 10.9. The fraction of sp³-hybridized carbons (Fsp3) is 0.333. The van der Waals surface area contributed by atoms with Crippen molar-refractivity contribution in [2.75, 3.05) is 6.61 Å². The number of nitrogens with one attached hydrogen (secondary N) is 1. The number of ether oxygens (including phenoxy) is 2. The molecule has 3 aromatic heterocycles. The van der Waals surface area contributed by atoms with E-state index in [4.69, 9.17) is 19.7 Å². The van der Waals surface area contributed by atoms with Crippen LogP contribution in [0.5, 0.6) is 5.75 Å². The van der Waals surface area contributed by atoms with Crippen LogP contribution in [0.4, 0.5) is 0 Å². The van der Waals surface area contributed by atoms with Gasteiger partial charge in [-0.3, -0.25) is 9.20 Å². The fourth-order valence-electron chi connectivity index (χ4n) is 3.29. The lowest BCUT2D eigenvalue weighted by Gasteiger charge is -2.23. The van der Waals surface area contributed by atoms with Gasteiger partial charge in [0.05, 0.1) is 18.8 Å². The van der Waals surface area contributed by atoms with E-state index in [1.165, 1.54) is 0 Å². The summed E-state index contributed by atoms with van der Waals surface area (Å²) in [4.78, 5) is 12.7. The van der Waals surface area contributed by atoms with E-state index in [2.05, 4.69) is 20.7 Å². The Balaban J connectivity index is 1.55. The maximum absolute atomic E-state index is 12.7. The van der Waals surface area contributed by atoms with E-state index in [1.807, 2.05) is 49.5 Å². The first-order valence-electron chi connectivity index (χ1n) is 10.9. The molecule has 1 aromatic carbocycles. The number of fused-ring (bicyclic) bond motifs is 1. The van der Waals surface area contributed by atoms with Crippen molar-refractivity contribution in [3.05, 3.63) is 77.6 Å². The lowest BCUT2D eigenvalue weighted by molar-refractivity contribution is -0.126. The summed E-state index contributed by atoms with van der Waals surface area (Å²) in [7, 11) is 0. The van der Waals surface area contributed by atoms with Gasteiger partial charge in [-0.25, -0.2) is 0 Å². The molecule has 0 saturated heterocycles. The third-order valence-corrected chi connectivity index (χ3v) is 5.08. The summed E-state index contributed by atoms with van der Waals surface area (Å²) < 4.78 is 18.7. The predicted molar refractivity (Wildman–Crippen MR) is 124 cm³/mol. The quantitative estimate of drug-likeness (QED) is 0.366. The molecule has 0 aliphatic rings. The topological polar surface area (TPSA) is 130 Å². The van der Waals surface area contributed by atoms with Crippen LogP contribution in [-0.4, -0.2) is 37.8 Å². The van der Waals surface area contributed by atoms with E-state index < -0.39 is 11.6 Å². The number of hydrogen-bond acceptors (Lipinski definition) is 8. The van der Waals surface area contributed by atoms with Crippen molar-refractivity contribution in [3.8, 4) is 5.75 Å². The van der Waals surface area contributed by atoms with Gasteiger partial charge in [-0.15, -0.1) is 10.2 Å². The Labute approximate surface area is 197 Å². The summed E-state index contributed by atoms with van der Waals surface area (Å²) in [5.74, 6) is 1.41. The fourth-order valence-corrected chi connectivity index (χ4v) is 3.29. The summed E-state index contributed by atoms with van der Waals surface area (Å²) in [6.07, 6.45) is 1.81. The molecule has 4 rings (SSSR count). The highest BCUT2D eigenvalue weighted by atomic mass is 16.5. The van der Waals surface area contributed by atoms with E-state index in [-0.39, 0.29) is 19.1 Å². The van der Waals surface area contributed by atoms with Crippen molar-refractivity contribution in [2.24, 2.45) is 5.73 Å². The zero-order valence-corrected chi connectivity index (χ0v) is 19.4. The Morgan fingerprint density at radius 2 is 1.97 bits per heavy atom. The van der Waals surface area contributed by atoms with E-state index in [0.717, 1.165) is 5.56 Å². The number of aryl methyl sites for hydroxylation is 1. The minimum absolute atomic E-state index is 0.181. The van der Waals surface area contributed by atoms with Crippen LogP contribution in [0.3, 0.4) is 0 Å². The van der Waals surface area contributed by atoms with Crippen molar-refractivity contribution in [1.82, 2.24) is 25.1 Å². The van der Waals surface area contributed by atoms with E-state index >= 15 is 0 Å². The van der Waals surface area contributed by atoms with Gasteiger partial charge in [0, 0.05) is 12.3 Å². The van der Waals surface area contributed by atoms with Crippen LogP contribution in [0, 0.1) is 6.92 Å². The summed E-state index contributed by atoms with van der Waals surface area (Å²) in [5, 5.41) is 15.5. The average molecular weight is 465 g/mol. The number of rotatable bonds is 10. The molecule has 178 valence electrons. The third-order valence-electron chi connectivity index (χ3n) is 5.08. The number of carbonyl (C=O) groups excluding carboxylic acids is 1. The van der Waals surface area contributed by atoms with Crippen molar-refractivity contribution in [3.63, 3.8) is 0 Å². The monoisotopic (exact) mass is 464 g/mol. The molecule has 10 nitrogen and oxygen atoms in total. The Kier molecular flexibility index (Phi) is 6.90. The minimum Gasteiger partial charge on any atom is -0.483 e. The van der Waals surface area contributed by atoms with Gasteiger partial charge in [-0.2, -0.15) is 0 Å². The molecule has 0 unspecified atom stereocenters. The lowest BCUT2D eigenvalue weighted by atomic mass is 10.1. The van der Waals surface area contributed by atoms with Crippen molar-refractivity contribution < 1.29 is 18.8 Å². The minimum atomic E-state index is -1.07. The van der Waals surface area contributed by atoms with Gasteiger partial charge in [0.15, 0.2) is 11.6 Å². The van der Waals surface area contributed by atoms with Crippen LogP contribution in [0.1, 0.15) is 42.7 Å². The zero-order valence-electron chi connectivity index (χ0n) is 19.4. The molecule has 3 N–H and O–H groups in total. The van der Waals surface area contributed by atoms with Gasteiger partial charge in [-0.1, -0.05) is 35.5 Å². The standard InChI is InChI=1S/C24H28N6O4/c1-16-12-18(29-34-16)14-33-20-10-7-11-30-21(27-28-22(20)30)19(26-23(31)24(2,3)25)15-32-13-17-8-5-4-6-9-17/h4-12,19H,13-15,25H2,1-3H3,(H,26,31)/t19-/m1/s1. The molecule has 1 amide bonds. The van der Waals surface area contributed by atoms with Crippen molar-refractivity contribution in [1.29, 1.82) is 0 Å². The first kappa shape index (κ1) is 23.4. The van der Waals surface area contributed by atoms with E-state index in [9.17, 15) is 4.79 Å². The number of amides is 1. The SMILES string of the molecule is Cc1cc(COc2cccn3c([C@@H](COCc4ccccc4)NC(=O)C(C)(C)N)nnc23)no1. The number of nitrogens with zero attached hydrogens (tertiary/aromatic N) is 4. The number of benzene rings is 1. The third kappa shape index (κ3) is 5.59. The second kappa shape index (κ2) is 10.0. The van der Waals surface area contributed by atoms with Crippen molar-refractivity contribution >= 4 is 11.6 Å². The number of pyridine rings is 1. The van der Waals surface area contributed by atoms with Gasteiger partial charge in [0.1, 0.15) is 24.1 Å². The van der Waals surface area contributed by atoms with Crippen LogP contribution in [0.15, 0.2) is 59.3 Å². The van der Waals surface area contributed by atoms with Crippen LogP contribution in [0.2, 0.25) is 0 Å². The molecule has 10 heteroatoms. The molecular weight excluding hydrogens is 436 g/mol. The van der Waals surface area contributed by atoms with E-state index in [1.54, 1.807) is 30.4 Å². The maximum Gasteiger partial charge on any atom is 0.240 e. The normalized spacial score (nSPS) is 12.6. The largest absolute Gasteiger partial charge is 0.483 e. The number of nitrogens with two attached hydrogens (primary N) is 1. The molecule has 0 aliphatic carbocycles. The highest BCUT2D eigenvalue weighted by Gasteiger charge is 2.28. The maximum atomic E-state index is 12.7. The Bertz CT molecular complexity index is 1250. The molecule has 0 bridgehead atoms. The highest BCUT2D eigenvalue weighted by Crippen LogP contribution is 2.23. The average Bonchev–Trinajstić information content (AvgIpc) is 3.43. The van der Waals surface area contributed by atoms with Gasteiger partial charge in [0.25, 0.3) is 0 Å². The van der Waals surface area contributed by atoms with Gasteiger partial charge < -0.3 is 25.0 Å². The molecule has 0 radical (unpaired) electrons. The summed E-state index contributed by atoms with van der Waals surface area (Å²) in [6.45, 7) is 5.90. The first-order chi connectivity index (χ1) is 16.3. The van der Waals surface area contributed by atoms with Gasteiger partial charge in [0.2, 0.25) is 11.6 Å². The summed E-state index contributed by atoms with van der Waals surface area (Å²) in [5.41, 5.74) is 7.14. The molecule has 0 spiro atoms. The van der Waals surface area contributed by atoms with Crippen LogP contribution in [-0.2, 0) is 22.7 Å². The second-order valence-corrected chi connectivity index (χ2v) is 8.59. The molecular formula is C24H28N6O4. The number of carbonyl (C=O) groups is 1. The molecule has 0 fully saturated rings. The molecule has 1 atom stereocenters. The Morgan fingerprint density at radius 3 is 2.68 bits per heavy atom. The lowest BCUT2D eigenvalue weighted by Crippen LogP contribution is -2.50. The second-order valence-electron chi connectivity index (χ2n) is 8.59. The summed E-state index contributed by atoms with van der Waals surface area (Å²) >= 11 is 0. The number of hydrogen-bond donors (Lipinski definition) is 2. The highest BCUT2D eigenvalue weighted by molar-refractivity contribution is 5.85. The smallest absolute Gasteiger partial charge is 0.240 e.